The second-order valence-electron chi connectivity index (χ2n) is 6.33. The predicted molar refractivity (Wildman–Crippen MR) is 95.1 cm³/mol. The summed E-state index contributed by atoms with van der Waals surface area (Å²) in [6.07, 6.45) is 8.83. The van der Waals surface area contributed by atoms with Gasteiger partial charge in [0.25, 0.3) is 5.56 Å². The van der Waals surface area contributed by atoms with Crippen LogP contribution in [0.5, 0.6) is 5.75 Å². The monoisotopic (exact) mass is 367 g/mol. The topological polar surface area (TPSA) is 123 Å². The van der Waals surface area contributed by atoms with Gasteiger partial charge in [-0.15, -0.1) is 5.10 Å². The first-order valence-electron chi connectivity index (χ1n) is 8.62. The highest BCUT2D eigenvalue weighted by atomic mass is 16.5. The van der Waals surface area contributed by atoms with E-state index < -0.39 is 17.1 Å². The molecular formula is C18H17N5O4. The van der Waals surface area contributed by atoms with E-state index in [4.69, 9.17) is 9.84 Å². The zero-order valence-electron chi connectivity index (χ0n) is 14.3. The second-order valence-corrected chi connectivity index (χ2v) is 6.33. The molecule has 9 nitrogen and oxygen atoms in total. The van der Waals surface area contributed by atoms with Crippen molar-refractivity contribution in [2.45, 2.75) is 31.8 Å². The Morgan fingerprint density at radius 3 is 2.78 bits per heavy atom. The third-order valence-corrected chi connectivity index (χ3v) is 4.53. The molecule has 0 unspecified atom stereocenters. The number of ether oxygens (including phenoxy) is 1. The van der Waals surface area contributed by atoms with Crippen molar-refractivity contribution in [3.8, 4) is 22.8 Å². The Balaban J connectivity index is 1.74. The average molecular weight is 367 g/mol. The molecule has 0 spiro atoms. The van der Waals surface area contributed by atoms with E-state index >= 15 is 0 Å². The van der Waals surface area contributed by atoms with Crippen molar-refractivity contribution in [2.75, 3.05) is 0 Å². The Kier molecular flexibility index (Phi) is 4.41. The molecule has 9 heteroatoms. The standard InChI is InChI=1S/C18H17N5O4/c24-17-13(18(25)26)10-19-16(21-17)11-5-6-15(27-12-3-1-2-4-12)14(9-11)23-8-7-20-22-23/h5-10,12H,1-4H2,(H,25,26)(H,19,21,24). The molecular weight excluding hydrogens is 350 g/mol. The molecule has 0 atom stereocenters. The molecule has 4 rings (SSSR count). The van der Waals surface area contributed by atoms with Crippen molar-refractivity contribution in [2.24, 2.45) is 0 Å². The molecule has 0 bridgehead atoms. The second kappa shape index (κ2) is 7.02. The molecule has 1 saturated carbocycles. The fourth-order valence-electron chi connectivity index (χ4n) is 3.16. The molecule has 3 aromatic rings. The number of aromatic nitrogens is 5. The van der Waals surface area contributed by atoms with Gasteiger partial charge in [0.1, 0.15) is 22.8 Å². The van der Waals surface area contributed by atoms with Crippen LogP contribution in [-0.2, 0) is 0 Å². The molecule has 1 aromatic carbocycles. The average Bonchev–Trinajstić information content (AvgIpc) is 3.35. The molecule has 0 amide bonds. The maximum Gasteiger partial charge on any atom is 0.342 e. The fourth-order valence-corrected chi connectivity index (χ4v) is 3.16. The molecule has 1 aliphatic carbocycles. The van der Waals surface area contributed by atoms with Gasteiger partial charge >= 0.3 is 5.97 Å². The molecule has 2 heterocycles. The quantitative estimate of drug-likeness (QED) is 0.707. The zero-order valence-corrected chi connectivity index (χ0v) is 14.3. The number of aromatic carboxylic acids is 1. The third kappa shape index (κ3) is 3.43. The minimum atomic E-state index is -1.32. The van der Waals surface area contributed by atoms with Crippen LogP contribution in [0.1, 0.15) is 36.0 Å². The lowest BCUT2D eigenvalue weighted by atomic mass is 10.1. The van der Waals surface area contributed by atoms with E-state index in [0.29, 0.717) is 17.0 Å². The van der Waals surface area contributed by atoms with Gasteiger partial charge in [0.2, 0.25) is 0 Å². The highest BCUT2D eigenvalue weighted by Gasteiger charge is 2.20. The Labute approximate surface area is 153 Å². The fraction of sp³-hybridized carbons (Fsp3) is 0.278. The Morgan fingerprint density at radius 1 is 1.30 bits per heavy atom. The SMILES string of the molecule is O=C(O)c1cnc(-c2ccc(OC3CCCC3)c(-n3ccnn3)c2)[nH]c1=O. The third-order valence-electron chi connectivity index (χ3n) is 4.53. The zero-order chi connectivity index (χ0) is 18.8. The Morgan fingerprint density at radius 2 is 2.11 bits per heavy atom. The van der Waals surface area contributed by atoms with Gasteiger partial charge in [-0.3, -0.25) is 4.79 Å². The van der Waals surface area contributed by atoms with E-state index in [1.165, 1.54) is 0 Å². The van der Waals surface area contributed by atoms with Gasteiger partial charge in [-0.1, -0.05) is 5.21 Å². The van der Waals surface area contributed by atoms with Gasteiger partial charge in [-0.25, -0.2) is 14.5 Å². The van der Waals surface area contributed by atoms with E-state index in [0.717, 1.165) is 31.9 Å². The van der Waals surface area contributed by atoms with Crippen LogP contribution in [0.25, 0.3) is 17.1 Å². The number of carbonyl (C=O) groups is 1. The number of rotatable bonds is 5. The smallest absolute Gasteiger partial charge is 0.342 e. The predicted octanol–water partition coefficient (Wildman–Crippen LogP) is 2.04. The van der Waals surface area contributed by atoms with Crippen LogP contribution >= 0.6 is 0 Å². The van der Waals surface area contributed by atoms with Gasteiger partial charge in [0.05, 0.1) is 18.5 Å². The number of carboxylic acid groups (broad SMARTS) is 1. The van der Waals surface area contributed by atoms with Crippen LogP contribution in [0.3, 0.4) is 0 Å². The number of nitrogens with zero attached hydrogens (tertiary/aromatic N) is 4. The van der Waals surface area contributed by atoms with Gasteiger partial charge < -0.3 is 14.8 Å². The summed E-state index contributed by atoms with van der Waals surface area (Å²) in [4.78, 5) is 29.5. The number of hydrogen-bond acceptors (Lipinski definition) is 6. The summed E-state index contributed by atoms with van der Waals surface area (Å²) in [7, 11) is 0. The summed E-state index contributed by atoms with van der Waals surface area (Å²) in [6, 6.07) is 5.34. The minimum absolute atomic E-state index is 0.172. The first-order valence-corrected chi connectivity index (χ1v) is 8.62. The molecule has 0 aliphatic heterocycles. The molecule has 0 saturated heterocycles. The van der Waals surface area contributed by atoms with Gasteiger partial charge in [-0.2, -0.15) is 0 Å². The number of benzene rings is 1. The Hall–Kier alpha value is -3.49. The van der Waals surface area contributed by atoms with Crippen LogP contribution in [0.2, 0.25) is 0 Å². The minimum Gasteiger partial charge on any atom is -0.488 e. The van der Waals surface area contributed by atoms with E-state index in [9.17, 15) is 9.59 Å². The largest absolute Gasteiger partial charge is 0.488 e. The van der Waals surface area contributed by atoms with E-state index in [1.807, 2.05) is 0 Å². The van der Waals surface area contributed by atoms with E-state index in [1.54, 1.807) is 35.3 Å². The maximum absolute atomic E-state index is 11.9. The summed E-state index contributed by atoms with van der Waals surface area (Å²) in [5.41, 5.74) is 0.160. The van der Waals surface area contributed by atoms with Gasteiger partial charge in [0.15, 0.2) is 0 Å². The molecule has 1 fully saturated rings. The van der Waals surface area contributed by atoms with Crippen LogP contribution in [-0.4, -0.2) is 42.1 Å². The lowest BCUT2D eigenvalue weighted by Crippen LogP contribution is -2.18. The highest BCUT2D eigenvalue weighted by Crippen LogP contribution is 2.31. The lowest BCUT2D eigenvalue weighted by molar-refractivity contribution is 0.0694. The molecule has 27 heavy (non-hydrogen) atoms. The van der Waals surface area contributed by atoms with Crippen LogP contribution < -0.4 is 10.3 Å². The number of nitrogens with one attached hydrogen (secondary N) is 1. The van der Waals surface area contributed by atoms with Crippen molar-refractivity contribution in [1.29, 1.82) is 0 Å². The molecule has 1 aliphatic rings. The first-order chi connectivity index (χ1) is 13.1. The summed E-state index contributed by atoms with van der Waals surface area (Å²) < 4.78 is 7.72. The van der Waals surface area contributed by atoms with E-state index in [2.05, 4.69) is 20.3 Å². The number of H-pyrrole nitrogens is 1. The van der Waals surface area contributed by atoms with E-state index in [-0.39, 0.29) is 11.9 Å². The molecule has 138 valence electrons. The summed E-state index contributed by atoms with van der Waals surface area (Å²) in [5, 5.41) is 16.8. The van der Waals surface area contributed by atoms with Crippen LogP contribution in [0.4, 0.5) is 0 Å². The van der Waals surface area contributed by atoms with Crippen molar-refractivity contribution in [3.63, 3.8) is 0 Å². The maximum atomic E-state index is 11.9. The molecule has 2 N–H and O–H groups in total. The van der Waals surface area contributed by atoms with Crippen molar-refractivity contribution >= 4 is 5.97 Å². The van der Waals surface area contributed by atoms with Crippen LogP contribution in [0.15, 0.2) is 41.6 Å². The lowest BCUT2D eigenvalue weighted by Gasteiger charge is -2.17. The van der Waals surface area contributed by atoms with Crippen LogP contribution in [0, 0.1) is 0 Å². The van der Waals surface area contributed by atoms with Gasteiger partial charge in [0, 0.05) is 11.8 Å². The molecule has 0 radical (unpaired) electrons. The summed E-state index contributed by atoms with van der Waals surface area (Å²) in [5.74, 6) is -0.390. The summed E-state index contributed by atoms with van der Waals surface area (Å²) in [6.45, 7) is 0. The number of aromatic amines is 1. The normalized spacial score (nSPS) is 14.4. The number of carboxylic acids is 1. The molecule has 2 aromatic heterocycles. The van der Waals surface area contributed by atoms with Crippen molar-refractivity contribution < 1.29 is 14.6 Å². The summed E-state index contributed by atoms with van der Waals surface area (Å²) >= 11 is 0. The van der Waals surface area contributed by atoms with Crippen molar-refractivity contribution in [3.05, 3.63) is 52.7 Å². The first kappa shape index (κ1) is 17.0. The Bertz CT molecular complexity index is 1020. The number of hydrogen-bond donors (Lipinski definition) is 2. The van der Waals surface area contributed by atoms with Crippen molar-refractivity contribution in [1.82, 2.24) is 25.0 Å². The highest BCUT2D eigenvalue weighted by molar-refractivity contribution is 5.86. The van der Waals surface area contributed by atoms with Gasteiger partial charge in [-0.05, 0) is 43.9 Å².